The molecule has 1 unspecified atom stereocenters. The summed E-state index contributed by atoms with van der Waals surface area (Å²) in [5, 5.41) is 11.3. The number of rotatable bonds is 2. The van der Waals surface area contributed by atoms with Crippen LogP contribution < -0.4 is 5.32 Å². The van der Waals surface area contributed by atoms with Gasteiger partial charge in [-0.1, -0.05) is 11.6 Å². The molecule has 5 heteroatoms. The topological polar surface area (TPSA) is 65.8 Å². The van der Waals surface area contributed by atoms with E-state index in [0.717, 1.165) is 0 Å². The zero-order chi connectivity index (χ0) is 10.6. The number of carbonyl (C=O) groups excluding carboxylic acids is 1. The molecule has 1 rings (SSSR count). The van der Waals surface area contributed by atoms with Crippen molar-refractivity contribution in [3.05, 3.63) is 29.0 Å². The number of hydrogen-bond acceptors (Lipinski definition) is 3. The number of carbonyl (C=O) groups is 1. The lowest BCUT2D eigenvalue weighted by Gasteiger charge is -2.05. The summed E-state index contributed by atoms with van der Waals surface area (Å²) >= 11 is 5.65. The molecule has 0 aliphatic rings. The van der Waals surface area contributed by atoms with Crippen molar-refractivity contribution in [3.63, 3.8) is 0 Å². The molecule has 1 amide bonds. The van der Waals surface area contributed by atoms with Crippen molar-refractivity contribution < 1.29 is 4.79 Å². The van der Waals surface area contributed by atoms with Crippen molar-refractivity contribution in [2.24, 2.45) is 0 Å². The van der Waals surface area contributed by atoms with Gasteiger partial charge < -0.3 is 5.32 Å². The third-order valence-corrected chi connectivity index (χ3v) is 1.72. The second-order valence-corrected chi connectivity index (χ2v) is 3.15. The van der Waals surface area contributed by atoms with Gasteiger partial charge in [0.15, 0.2) is 0 Å². The average Bonchev–Trinajstić information content (AvgIpc) is 2.17. The average molecular weight is 210 g/mol. The van der Waals surface area contributed by atoms with Gasteiger partial charge in [0.2, 0.25) is 0 Å². The summed E-state index contributed by atoms with van der Waals surface area (Å²) < 4.78 is 0. The Morgan fingerprint density at radius 1 is 1.71 bits per heavy atom. The molecular formula is C9H8ClN3O. The molecule has 0 spiro atoms. The summed E-state index contributed by atoms with van der Waals surface area (Å²) in [4.78, 5) is 15.2. The molecule has 0 fully saturated rings. The first-order valence-electron chi connectivity index (χ1n) is 3.94. The molecule has 0 aromatic carbocycles. The number of pyridine rings is 1. The molecule has 0 aliphatic carbocycles. The Morgan fingerprint density at radius 3 is 3.00 bits per heavy atom. The van der Waals surface area contributed by atoms with Gasteiger partial charge in [0.05, 0.1) is 16.7 Å². The monoisotopic (exact) mass is 209 g/mol. The lowest BCUT2D eigenvalue weighted by atomic mass is 10.2. The number of amides is 1. The van der Waals surface area contributed by atoms with Crippen molar-refractivity contribution in [2.75, 3.05) is 0 Å². The molecule has 1 aromatic rings. The van der Waals surface area contributed by atoms with Gasteiger partial charge in [0.1, 0.15) is 6.04 Å². The number of nitrogens with zero attached hydrogens (tertiary/aromatic N) is 2. The summed E-state index contributed by atoms with van der Waals surface area (Å²) in [6.45, 7) is 1.59. The van der Waals surface area contributed by atoms with E-state index in [1.165, 1.54) is 18.5 Å². The van der Waals surface area contributed by atoms with Crippen LogP contribution in [0.25, 0.3) is 0 Å². The summed E-state index contributed by atoms with van der Waals surface area (Å²) in [6.07, 6.45) is 2.83. The van der Waals surface area contributed by atoms with Crippen LogP contribution >= 0.6 is 11.6 Å². The highest BCUT2D eigenvalue weighted by Crippen LogP contribution is 2.08. The van der Waals surface area contributed by atoms with Crippen molar-refractivity contribution in [1.29, 1.82) is 5.26 Å². The Bertz CT molecular complexity index is 386. The van der Waals surface area contributed by atoms with Crippen molar-refractivity contribution in [2.45, 2.75) is 13.0 Å². The summed E-state index contributed by atoms with van der Waals surface area (Å²) in [5.74, 6) is -0.353. The predicted molar refractivity (Wildman–Crippen MR) is 51.8 cm³/mol. The van der Waals surface area contributed by atoms with E-state index in [1.807, 2.05) is 6.07 Å². The van der Waals surface area contributed by atoms with Crippen LogP contribution in [0.2, 0.25) is 5.02 Å². The van der Waals surface area contributed by atoms with Gasteiger partial charge in [-0.15, -0.1) is 0 Å². The minimum absolute atomic E-state index is 0.347. The molecule has 0 saturated heterocycles. The van der Waals surface area contributed by atoms with Crippen LogP contribution in [0.3, 0.4) is 0 Å². The number of hydrogen-bond donors (Lipinski definition) is 1. The zero-order valence-corrected chi connectivity index (χ0v) is 8.25. The van der Waals surface area contributed by atoms with E-state index in [9.17, 15) is 4.79 Å². The molecule has 4 nitrogen and oxygen atoms in total. The second kappa shape index (κ2) is 4.58. The standard InChI is InChI=1S/C9H8ClN3O/c1-6(3-11)13-9(14)7-2-8(10)5-12-4-7/h2,4-6H,1H3,(H,13,14). The normalized spacial score (nSPS) is 11.5. The lowest BCUT2D eigenvalue weighted by molar-refractivity contribution is 0.0947. The predicted octanol–water partition coefficient (Wildman–Crippen LogP) is 1.38. The largest absolute Gasteiger partial charge is 0.336 e. The maximum absolute atomic E-state index is 11.4. The first-order valence-corrected chi connectivity index (χ1v) is 4.32. The molecular weight excluding hydrogens is 202 g/mol. The SMILES string of the molecule is CC(C#N)NC(=O)c1cncc(Cl)c1. The molecule has 1 aromatic heterocycles. The van der Waals surface area contributed by atoms with Gasteiger partial charge >= 0.3 is 0 Å². The number of nitrogens with one attached hydrogen (secondary N) is 1. The molecule has 0 bridgehead atoms. The van der Waals surface area contributed by atoms with Gasteiger partial charge in [-0.05, 0) is 13.0 Å². The van der Waals surface area contributed by atoms with Crippen LogP contribution in [0.15, 0.2) is 18.5 Å². The zero-order valence-electron chi connectivity index (χ0n) is 7.49. The molecule has 0 radical (unpaired) electrons. The van der Waals surface area contributed by atoms with E-state index in [-0.39, 0.29) is 5.91 Å². The second-order valence-electron chi connectivity index (χ2n) is 2.72. The maximum Gasteiger partial charge on any atom is 0.253 e. The van der Waals surface area contributed by atoms with E-state index in [2.05, 4.69) is 10.3 Å². The van der Waals surface area contributed by atoms with Gasteiger partial charge in [-0.2, -0.15) is 5.26 Å². The lowest BCUT2D eigenvalue weighted by Crippen LogP contribution is -2.31. The Kier molecular flexibility index (Phi) is 3.43. The summed E-state index contributed by atoms with van der Waals surface area (Å²) in [5.41, 5.74) is 0.347. The van der Waals surface area contributed by atoms with Gasteiger partial charge in [0, 0.05) is 12.4 Å². The van der Waals surface area contributed by atoms with Crippen molar-refractivity contribution >= 4 is 17.5 Å². The first-order chi connectivity index (χ1) is 6.63. The highest BCUT2D eigenvalue weighted by atomic mass is 35.5. The van der Waals surface area contributed by atoms with Crippen molar-refractivity contribution in [3.8, 4) is 6.07 Å². The van der Waals surface area contributed by atoms with Gasteiger partial charge in [0.25, 0.3) is 5.91 Å². The molecule has 1 heterocycles. The smallest absolute Gasteiger partial charge is 0.253 e. The van der Waals surface area contributed by atoms with E-state index < -0.39 is 6.04 Å². The van der Waals surface area contributed by atoms with E-state index >= 15 is 0 Å². The van der Waals surface area contributed by atoms with E-state index in [1.54, 1.807) is 6.92 Å². The highest BCUT2D eigenvalue weighted by Gasteiger charge is 2.09. The maximum atomic E-state index is 11.4. The Balaban J connectivity index is 2.76. The number of aromatic nitrogens is 1. The van der Waals surface area contributed by atoms with Crippen LogP contribution in [0.5, 0.6) is 0 Å². The van der Waals surface area contributed by atoms with Crippen LogP contribution in [0.1, 0.15) is 17.3 Å². The molecule has 1 atom stereocenters. The van der Waals surface area contributed by atoms with Gasteiger partial charge in [-0.25, -0.2) is 0 Å². The van der Waals surface area contributed by atoms with E-state index in [4.69, 9.17) is 16.9 Å². The quantitative estimate of drug-likeness (QED) is 0.800. The Hall–Kier alpha value is -1.60. The first kappa shape index (κ1) is 10.5. The highest BCUT2D eigenvalue weighted by molar-refractivity contribution is 6.30. The molecule has 72 valence electrons. The van der Waals surface area contributed by atoms with E-state index in [0.29, 0.717) is 10.6 Å². The Labute approximate surface area is 86.5 Å². The molecule has 14 heavy (non-hydrogen) atoms. The third kappa shape index (κ3) is 2.71. The number of nitriles is 1. The van der Waals surface area contributed by atoms with Crippen LogP contribution in [-0.4, -0.2) is 16.9 Å². The fraction of sp³-hybridized carbons (Fsp3) is 0.222. The molecule has 1 N–H and O–H groups in total. The van der Waals surface area contributed by atoms with Crippen LogP contribution in [0, 0.1) is 11.3 Å². The fourth-order valence-electron chi connectivity index (χ4n) is 0.848. The van der Waals surface area contributed by atoms with Crippen molar-refractivity contribution in [1.82, 2.24) is 10.3 Å². The van der Waals surface area contributed by atoms with Crippen LogP contribution in [-0.2, 0) is 0 Å². The third-order valence-electron chi connectivity index (χ3n) is 1.51. The van der Waals surface area contributed by atoms with Crippen LogP contribution in [0.4, 0.5) is 0 Å². The summed E-state index contributed by atoms with van der Waals surface area (Å²) in [6, 6.07) is 2.86. The minimum Gasteiger partial charge on any atom is -0.336 e. The molecule has 0 saturated carbocycles. The Morgan fingerprint density at radius 2 is 2.43 bits per heavy atom. The molecule has 0 aliphatic heterocycles. The minimum atomic E-state index is -0.526. The van der Waals surface area contributed by atoms with Gasteiger partial charge in [-0.3, -0.25) is 9.78 Å². The summed E-state index contributed by atoms with van der Waals surface area (Å²) in [7, 11) is 0. The fourth-order valence-corrected chi connectivity index (χ4v) is 1.02. The number of halogens is 1.